The van der Waals surface area contributed by atoms with Crippen LogP contribution in [-0.2, 0) is 0 Å². The van der Waals surface area contributed by atoms with E-state index >= 15 is 0 Å². The highest BCUT2D eigenvalue weighted by atomic mass is 16.5. The van der Waals surface area contributed by atoms with Crippen molar-refractivity contribution < 1.29 is 9.53 Å². The van der Waals surface area contributed by atoms with E-state index in [4.69, 9.17) is 9.53 Å². The number of methoxy groups -OCH3 is 1. The van der Waals surface area contributed by atoms with Gasteiger partial charge in [-0.05, 0) is 6.07 Å². The van der Waals surface area contributed by atoms with Crippen LogP contribution in [-0.4, -0.2) is 23.1 Å². The molecule has 0 radical (unpaired) electrons. The van der Waals surface area contributed by atoms with E-state index in [1.807, 2.05) is 0 Å². The zero-order valence-electron chi connectivity index (χ0n) is 6.60. The molecule has 12 heavy (non-hydrogen) atoms. The SMILES string of the molecule is COc1ncccn1.NC(N)=O. The van der Waals surface area contributed by atoms with Crippen LogP contribution < -0.4 is 16.2 Å². The third-order valence-corrected chi connectivity index (χ3v) is 0.725. The first-order valence-electron chi connectivity index (χ1n) is 3.02. The number of nitrogens with two attached hydrogens (primary N) is 2. The Bertz CT molecular complexity index is 222. The number of primary amides is 2. The Labute approximate surface area is 69.6 Å². The van der Waals surface area contributed by atoms with Crippen LogP contribution in [0.3, 0.4) is 0 Å². The Kier molecular flexibility index (Phi) is 4.99. The molecule has 0 atom stereocenters. The zero-order valence-corrected chi connectivity index (χ0v) is 6.60. The summed E-state index contributed by atoms with van der Waals surface area (Å²) in [6, 6.07) is 1.32. The van der Waals surface area contributed by atoms with E-state index < -0.39 is 6.03 Å². The smallest absolute Gasteiger partial charge is 0.315 e. The van der Waals surface area contributed by atoms with E-state index in [9.17, 15) is 0 Å². The molecule has 1 heterocycles. The normalized spacial score (nSPS) is 7.75. The van der Waals surface area contributed by atoms with Gasteiger partial charge in [-0.25, -0.2) is 14.8 Å². The molecule has 4 N–H and O–H groups in total. The Morgan fingerprint density at radius 1 is 1.42 bits per heavy atom. The molecule has 0 saturated heterocycles. The van der Waals surface area contributed by atoms with Gasteiger partial charge in [0.15, 0.2) is 0 Å². The maximum Gasteiger partial charge on any atom is 0.315 e. The van der Waals surface area contributed by atoms with Crippen LogP contribution in [0.4, 0.5) is 4.79 Å². The van der Waals surface area contributed by atoms with Crippen molar-refractivity contribution in [2.24, 2.45) is 11.5 Å². The van der Waals surface area contributed by atoms with Gasteiger partial charge in [-0.1, -0.05) is 0 Å². The van der Waals surface area contributed by atoms with Gasteiger partial charge in [0.1, 0.15) is 0 Å². The molecule has 0 saturated carbocycles. The summed E-state index contributed by atoms with van der Waals surface area (Å²) >= 11 is 0. The van der Waals surface area contributed by atoms with Crippen molar-refractivity contribution in [2.75, 3.05) is 7.11 Å². The van der Waals surface area contributed by atoms with Crippen molar-refractivity contribution in [1.29, 1.82) is 0 Å². The van der Waals surface area contributed by atoms with Crippen molar-refractivity contribution in [3.63, 3.8) is 0 Å². The number of hydrogen-bond donors (Lipinski definition) is 2. The molecule has 6 heteroatoms. The second-order valence-corrected chi connectivity index (χ2v) is 1.64. The minimum Gasteiger partial charge on any atom is -0.467 e. The van der Waals surface area contributed by atoms with Crippen LogP contribution in [0.2, 0.25) is 0 Å². The van der Waals surface area contributed by atoms with Crippen molar-refractivity contribution in [3.05, 3.63) is 18.5 Å². The minimum atomic E-state index is -0.833. The Balaban J connectivity index is 0.000000261. The fraction of sp³-hybridized carbons (Fsp3) is 0.167. The number of aromatic nitrogens is 2. The van der Waals surface area contributed by atoms with Crippen LogP contribution in [0.1, 0.15) is 0 Å². The van der Waals surface area contributed by atoms with Gasteiger partial charge in [0.05, 0.1) is 7.11 Å². The average Bonchev–Trinajstić information content (AvgIpc) is 2.05. The molecule has 1 rings (SSSR count). The maximum absolute atomic E-state index is 9.00. The number of carbonyl (C=O) groups excluding carboxylic acids is 1. The third kappa shape index (κ3) is 6.27. The molecule has 1 aromatic heterocycles. The first-order chi connectivity index (χ1) is 5.66. The highest BCUT2D eigenvalue weighted by Crippen LogP contribution is 1.92. The number of amides is 2. The lowest BCUT2D eigenvalue weighted by atomic mass is 10.7. The monoisotopic (exact) mass is 170 g/mol. The van der Waals surface area contributed by atoms with E-state index in [0.29, 0.717) is 6.01 Å². The quantitative estimate of drug-likeness (QED) is 0.593. The van der Waals surface area contributed by atoms with E-state index in [0.717, 1.165) is 0 Å². The lowest BCUT2D eigenvalue weighted by molar-refractivity contribution is 0.256. The van der Waals surface area contributed by atoms with Gasteiger partial charge in [-0.2, -0.15) is 0 Å². The first-order valence-corrected chi connectivity index (χ1v) is 3.02. The number of hydrogen-bond acceptors (Lipinski definition) is 4. The van der Waals surface area contributed by atoms with Gasteiger partial charge >= 0.3 is 12.0 Å². The van der Waals surface area contributed by atoms with Crippen molar-refractivity contribution in [3.8, 4) is 6.01 Å². The van der Waals surface area contributed by atoms with Crippen LogP contribution >= 0.6 is 0 Å². The number of urea groups is 1. The molecule has 6 nitrogen and oxygen atoms in total. The summed E-state index contributed by atoms with van der Waals surface area (Å²) in [4.78, 5) is 16.5. The average molecular weight is 170 g/mol. The molecule has 0 unspecified atom stereocenters. The van der Waals surface area contributed by atoms with Gasteiger partial charge < -0.3 is 16.2 Å². The molecule has 0 bridgehead atoms. The minimum absolute atomic E-state index is 0.410. The van der Waals surface area contributed by atoms with Crippen LogP contribution in [0, 0.1) is 0 Å². The van der Waals surface area contributed by atoms with Gasteiger partial charge in [-0.3, -0.25) is 0 Å². The predicted octanol–water partition coefficient (Wildman–Crippen LogP) is -0.491. The fourth-order valence-corrected chi connectivity index (χ4v) is 0.391. The summed E-state index contributed by atoms with van der Waals surface area (Å²) in [5.41, 5.74) is 8.50. The summed E-state index contributed by atoms with van der Waals surface area (Å²) in [7, 11) is 1.54. The molecule has 1 aromatic rings. The van der Waals surface area contributed by atoms with Crippen LogP contribution in [0.15, 0.2) is 18.5 Å². The van der Waals surface area contributed by atoms with Crippen LogP contribution in [0.5, 0.6) is 6.01 Å². The Morgan fingerprint density at radius 3 is 2.08 bits per heavy atom. The topological polar surface area (TPSA) is 104 Å². The molecule has 0 aliphatic heterocycles. The van der Waals surface area contributed by atoms with Gasteiger partial charge in [-0.15, -0.1) is 0 Å². The molecule has 0 aromatic carbocycles. The fourth-order valence-electron chi connectivity index (χ4n) is 0.391. The summed E-state index contributed by atoms with van der Waals surface area (Å²) in [5, 5.41) is 0. The van der Waals surface area contributed by atoms with Gasteiger partial charge in [0.25, 0.3) is 0 Å². The second-order valence-electron chi connectivity index (χ2n) is 1.64. The third-order valence-electron chi connectivity index (χ3n) is 0.725. The Morgan fingerprint density at radius 2 is 1.83 bits per heavy atom. The zero-order chi connectivity index (χ0) is 9.40. The number of rotatable bonds is 1. The molecule has 0 aliphatic rings. The van der Waals surface area contributed by atoms with Gasteiger partial charge in [0, 0.05) is 12.4 Å². The van der Waals surface area contributed by atoms with E-state index in [2.05, 4.69) is 21.4 Å². The summed E-state index contributed by atoms with van der Waals surface area (Å²) in [5.74, 6) is 0. The van der Waals surface area contributed by atoms with Crippen LogP contribution in [0.25, 0.3) is 0 Å². The maximum atomic E-state index is 9.00. The van der Waals surface area contributed by atoms with E-state index in [-0.39, 0.29) is 0 Å². The summed E-state index contributed by atoms with van der Waals surface area (Å²) in [6.45, 7) is 0. The molecular formula is C6H10N4O2. The summed E-state index contributed by atoms with van der Waals surface area (Å²) < 4.78 is 4.69. The number of carbonyl (C=O) groups is 1. The standard InChI is InChI=1S/C5H6N2O.CH4N2O/c1-8-5-6-3-2-4-7-5;2-1(3)4/h2-4H,1H3;(H4,2,3,4). The molecule has 66 valence electrons. The van der Waals surface area contributed by atoms with Gasteiger partial charge in [0.2, 0.25) is 0 Å². The van der Waals surface area contributed by atoms with Crippen molar-refractivity contribution in [1.82, 2.24) is 9.97 Å². The molecule has 0 fully saturated rings. The van der Waals surface area contributed by atoms with Crippen molar-refractivity contribution in [2.45, 2.75) is 0 Å². The lowest BCUT2D eigenvalue weighted by Crippen LogP contribution is -2.18. The molecule has 0 aliphatic carbocycles. The lowest BCUT2D eigenvalue weighted by Gasteiger charge is -1.90. The highest BCUT2D eigenvalue weighted by Gasteiger charge is 1.84. The van der Waals surface area contributed by atoms with Crippen molar-refractivity contribution >= 4 is 6.03 Å². The summed E-state index contributed by atoms with van der Waals surface area (Å²) in [6.07, 6.45) is 3.26. The Hall–Kier alpha value is -1.85. The highest BCUT2D eigenvalue weighted by molar-refractivity contribution is 5.69. The molecular weight excluding hydrogens is 160 g/mol. The largest absolute Gasteiger partial charge is 0.467 e. The van der Waals surface area contributed by atoms with E-state index in [1.165, 1.54) is 7.11 Å². The van der Waals surface area contributed by atoms with E-state index in [1.54, 1.807) is 18.5 Å². The predicted molar refractivity (Wildman–Crippen MR) is 42.4 cm³/mol. The first kappa shape index (κ1) is 10.2. The molecule has 2 amide bonds. The molecule has 0 spiro atoms. The number of nitrogens with zero attached hydrogens (tertiary/aromatic N) is 2. The second kappa shape index (κ2) is 5.90. The number of ether oxygens (including phenoxy) is 1.